The summed E-state index contributed by atoms with van der Waals surface area (Å²) >= 11 is 0. The Morgan fingerprint density at radius 1 is 0.145 bits per heavy atom. The predicted molar refractivity (Wildman–Crippen MR) is 477 cm³/mol. The van der Waals surface area contributed by atoms with Crippen LogP contribution in [-0.4, -0.2) is 0 Å². The molecule has 110 heavy (non-hydrogen) atoms. The van der Waals surface area contributed by atoms with Crippen molar-refractivity contribution in [3.8, 4) is 0 Å². The van der Waals surface area contributed by atoms with Gasteiger partial charge in [0.1, 0.15) is 0 Å². The predicted octanol–water partition coefficient (Wildman–Crippen LogP) is 29.9. The molecular weight excluding hydrogens is 1320 g/mol. The van der Waals surface area contributed by atoms with E-state index >= 15 is 0 Å². The van der Waals surface area contributed by atoms with Crippen LogP contribution in [0.2, 0.25) is 0 Å². The van der Waals surface area contributed by atoms with Crippen LogP contribution < -0.4 is 0 Å². The smallest absolute Gasteiger partial charge is 0.0560 e. The third kappa shape index (κ3) is 14.9. The molecule has 0 fully saturated rings. The topological polar surface area (TPSA) is 0 Å². The highest BCUT2D eigenvalue weighted by Gasteiger charge is 2.40. The van der Waals surface area contributed by atoms with E-state index in [9.17, 15) is 0 Å². The Balaban J connectivity index is 1.21. The van der Waals surface area contributed by atoms with E-state index in [-0.39, 0.29) is 43.3 Å². The summed E-state index contributed by atoms with van der Waals surface area (Å²) in [6.07, 6.45) is 0. The molecule has 0 spiro atoms. The van der Waals surface area contributed by atoms with Gasteiger partial charge in [-0.15, -0.1) is 0 Å². The molecule has 14 rings (SSSR count). The van der Waals surface area contributed by atoms with Gasteiger partial charge in [0, 0.05) is 0 Å². The fraction of sp³-hybridized carbons (Fsp3) is 0.291. The average molecular weight is 1440 g/mol. The second kappa shape index (κ2) is 28.0. The van der Waals surface area contributed by atoms with Crippen LogP contribution in [0, 0.1) is 23.7 Å². The summed E-state index contributed by atoms with van der Waals surface area (Å²) in [7, 11) is 0. The molecule has 0 aliphatic heterocycles. The fourth-order valence-corrected chi connectivity index (χ4v) is 16.6. The first-order valence-corrected chi connectivity index (χ1v) is 40.3. The molecule has 0 bridgehead atoms. The van der Waals surface area contributed by atoms with Crippen LogP contribution in [0.5, 0.6) is 0 Å². The van der Waals surface area contributed by atoms with Crippen molar-refractivity contribution in [1.29, 1.82) is 0 Å². The highest BCUT2D eigenvalue weighted by Crippen LogP contribution is 2.53. The Labute approximate surface area is 660 Å². The quantitative estimate of drug-likeness (QED) is 0.0650. The molecule has 0 saturated carbocycles. The summed E-state index contributed by atoms with van der Waals surface area (Å²) in [6.45, 7) is 55.8. The van der Waals surface area contributed by atoms with Gasteiger partial charge >= 0.3 is 0 Å². The van der Waals surface area contributed by atoms with Crippen molar-refractivity contribution in [3.05, 3.63) is 402 Å². The van der Waals surface area contributed by atoms with Crippen LogP contribution in [0.1, 0.15) is 277 Å². The van der Waals surface area contributed by atoms with Gasteiger partial charge in [-0.3, -0.25) is 0 Å². The van der Waals surface area contributed by atoms with Crippen molar-refractivity contribution < 1.29 is 0 Å². The molecule has 0 unspecified atom stereocenters. The van der Waals surface area contributed by atoms with Crippen LogP contribution in [0.4, 0.5) is 0 Å². The first-order valence-electron chi connectivity index (χ1n) is 40.3. The van der Waals surface area contributed by atoms with Crippen LogP contribution >= 0.6 is 0 Å². The van der Waals surface area contributed by atoms with Gasteiger partial charge in [-0.1, -0.05) is 190 Å². The first-order chi connectivity index (χ1) is 51.6. The Morgan fingerprint density at radius 2 is 0.264 bits per heavy atom. The van der Waals surface area contributed by atoms with Crippen molar-refractivity contribution in [2.75, 3.05) is 0 Å². The number of rotatable bonds is 12. The zero-order valence-corrected chi connectivity index (χ0v) is 70.4. The SMILES string of the molecule is CC(C)(C)c1ccc([C+](c2ccc(C(C)(C)C)cc2)c2c3ccccc3c([C+](c3ccc(C(C)(C)C)cc3)c3ccc(C(C)(C)C)cc3)c3cc4cc5c([C+](c6ccc(C(C)(C)C)cc6)c6ccc(C(C)(C)C)cc6)c6ccccc6c([C+](c6ccc(C(C)(C)C)cc6)c6ccc(C(C)(C)C)cc6)c5cc4cc23)cc1. The van der Waals surface area contributed by atoms with Gasteiger partial charge in [-0.05, 0) is 341 Å². The summed E-state index contributed by atoms with van der Waals surface area (Å²) in [5.74, 6) is 4.84. The lowest BCUT2D eigenvalue weighted by atomic mass is 9.72. The monoisotopic (exact) mass is 1440 g/mol. The minimum Gasteiger partial charge on any atom is -0.0560 e. The van der Waals surface area contributed by atoms with Gasteiger partial charge in [0.15, 0.2) is 0 Å². The molecule has 0 N–H and O–H groups in total. The molecule has 0 heteroatoms. The second-order valence-electron chi connectivity index (χ2n) is 39.9. The maximum absolute atomic E-state index is 2.61. The second-order valence-corrected chi connectivity index (χ2v) is 39.9. The maximum Gasteiger partial charge on any atom is 0.0810 e. The summed E-state index contributed by atoms with van der Waals surface area (Å²) < 4.78 is 0. The lowest BCUT2D eigenvalue weighted by Crippen LogP contribution is -2.15. The molecule has 0 aliphatic rings. The highest BCUT2D eigenvalue weighted by molar-refractivity contribution is 6.19. The lowest BCUT2D eigenvalue weighted by molar-refractivity contribution is 0.589. The third-order valence-electron chi connectivity index (χ3n) is 23.4. The van der Waals surface area contributed by atoms with E-state index in [1.54, 1.807) is 0 Å². The zero-order valence-electron chi connectivity index (χ0n) is 70.4. The van der Waals surface area contributed by atoms with Gasteiger partial charge in [0.05, 0.1) is 134 Å². The lowest BCUT2D eigenvalue weighted by Gasteiger charge is -2.25. The van der Waals surface area contributed by atoms with Gasteiger partial charge in [0.2, 0.25) is 0 Å². The van der Waals surface area contributed by atoms with Gasteiger partial charge in [-0.2, -0.15) is 0 Å². The maximum atomic E-state index is 2.61. The molecule has 0 radical (unpaired) electrons. The van der Waals surface area contributed by atoms with Crippen LogP contribution in [0.15, 0.2) is 267 Å². The molecule has 0 atom stereocenters. The minimum absolute atomic E-state index is 0.0441. The zero-order chi connectivity index (χ0) is 78.7. The van der Waals surface area contributed by atoms with E-state index in [0.717, 1.165) is 0 Å². The van der Waals surface area contributed by atoms with E-state index < -0.39 is 0 Å². The Bertz CT molecular complexity index is 4740. The number of fused-ring (bicyclic) bond motifs is 5. The molecule has 14 aromatic carbocycles. The fourth-order valence-electron chi connectivity index (χ4n) is 16.6. The van der Waals surface area contributed by atoms with Crippen LogP contribution in [-0.2, 0) is 43.3 Å². The van der Waals surface area contributed by atoms with Crippen molar-refractivity contribution in [1.82, 2.24) is 0 Å². The molecule has 0 amide bonds. The van der Waals surface area contributed by atoms with E-state index in [2.05, 4.69) is 433 Å². The summed E-state index contributed by atoms with van der Waals surface area (Å²) in [6, 6.07) is 106. The van der Waals surface area contributed by atoms with E-state index in [1.165, 1.54) is 189 Å². The van der Waals surface area contributed by atoms with Crippen molar-refractivity contribution in [3.63, 3.8) is 0 Å². The third-order valence-corrected chi connectivity index (χ3v) is 23.4. The van der Waals surface area contributed by atoms with E-state index in [0.29, 0.717) is 0 Å². The number of hydrogen-bond donors (Lipinski definition) is 0. The molecule has 0 saturated heterocycles. The molecule has 0 aromatic heterocycles. The summed E-state index contributed by atoms with van der Waals surface area (Å²) in [5, 5.41) is 11.9. The van der Waals surface area contributed by atoms with E-state index in [4.69, 9.17) is 0 Å². The normalized spacial score (nSPS) is 12.9. The first kappa shape index (κ1) is 76.6. The highest BCUT2D eigenvalue weighted by atomic mass is 14.4. The molecule has 0 heterocycles. The summed E-state index contributed by atoms with van der Waals surface area (Å²) in [5.41, 5.74) is 24.4. The minimum atomic E-state index is -0.0441. The molecule has 14 aromatic rings. The van der Waals surface area contributed by atoms with Gasteiger partial charge in [0.25, 0.3) is 0 Å². The Kier molecular flexibility index (Phi) is 19.5. The van der Waals surface area contributed by atoms with Crippen molar-refractivity contribution >= 4 is 53.9 Å². The number of benzene rings is 14. The molecule has 0 nitrogen and oxygen atoms in total. The van der Waals surface area contributed by atoms with Crippen LogP contribution in [0.3, 0.4) is 0 Å². The Hall–Kier alpha value is -10.1. The Morgan fingerprint density at radius 3 is 0.373 bits per heavy atom. The number of hydrogen-bond acceptors (Lipinski definition) is 0. The van der Waals surface area contributed by atoms with E-state index in [1.807, 2.05) is 0 Å². The van der Waals surface area contributed by atoms with Crippen molar-refractivity contribution in [2.24, 2.45) is 0 Å². The van der Waals surface area contributed by atoms with Crippen molar-refractivity contribution in [2.45, 2.75) is 209 Å². The molecule has 552 valence electrons. The average Bonchev–Trinajstić information content (AvgIpc) is 0.706. The van der Waals surface area contributed by atoms with Crippen LogP contribution in [0.25, 0.3) is 53.9 Å². The standard InChI is InChI=1S/C110H116/c1-103(2,3)79-49-33-69(34-50-79)95(70-35-51-80(52-36-70)104(4,5)6)99-87-29-25-26-30-88(87)100(96(71-37-53-81(54-38-71)105(7,8)9)72-39-55-82(56-40-72)106(10,11)12)92-66-78-68-94-93(67-77(78)65-91(92)99)101(97(73-41-57-83(58-42-73)107(13,14)15)74-43-59-84(60-44-74)108(16,17)18)89-31-27-28-32-90(89)102(94)98(75-45-61-85(62-46-75)109(19,20)21)76-47-63-86(64-48-76)110(22,23)24/h25-68H,1-24H3/q+4. The molecule has 0 aliphatic carbocycles. The summed E-state index contributed by atoms with van der Waals surface area (Å²) in [4.78, 5) is 0. The van der Waals surface area contributed by atoms with Gasteiger partial charge in [-0.25, -0.2) is 0 Å². The largest absolute Gasteiger partial charge is 0.0810 e. The van der Waals surface area contributed by atoms with Gasteiger partial charge < -0.3 is 0 Å². The molecular formula is C110H116+4.